The topological polar surface area (TPSA) is 333 Å². The van der Waals surface area contributed by atoms with E-state index < -0.39 is 40.8 Å². The van der Waals surface area contributed by atoms with Gasteiger partial charge < -0.3 is 35.7 Å². The highest BCUT2D eigenvalue weighted by Gasteiger charge is 2.34. The van der Waals surface area contributed by atoms with Crippen molar-refractivity contribution < 1.29 is 63.0 Å². The zero-order chi connectivity index (χ0) is 89.5. The molecule has 668 valence electrons. The third-order valence-electron chi connectivity index (χ3n) is 21.6. The number of fused-ring (bicyclic) bond motifs is 7. The SMILES string of the molecule is CC.CC.CC(C)(C)OC(=O)N1CCCc2cc(-n3cnc4c3C(=O)CCC4)ccc21.CC(C)(C)OC(=O)N1CCCc2cc(B(O)O)ccc21.CCN(C(C)C)C(C)C.Cl.NC(=O)N1CCCc2cc(-n3cnc4c3C(=O)CCC4)ccc21.O=C(NCO)C(Cl)(Cl)Cl.O=C1CCCC2=C1CC=N2.O=C1CCCc2ncn(-c3ccc4c(c3)CCCC4)c21. The van der Waals surface area contributed by atoms with Crippen molar-refractivity contribution in [1.82, 2.24) is 38.9 Å². The summed E-state index contributed by atoms with van der Waals surface area (Å²) in [7, 11) is -1.49. The van der Waals surface area contributed by atoms with Crippen LogP contribution in [0.5, 0.6) is 0 Å². The van der Waals surface area contributed by atoms with Gasteiger partial charge in [0.15, 0.2) is 23.1 Å². The largest absolute Gasteiger partial charge is 0.488 e. The van der Waals surface area contributed by atoms with E-state index in [-0.39, 0.29) is 41.9 Å². The van der Waals surface area contributed by atoms with Gasteiger partial charge in [-0.05, 0) is 279 Å². The van der Waals surface area contributed by atoms with E-state index in [4.69, 9.17) is 55.1 Å². The number of aryl methyl sites for hydroxylation is 8. The number of nitrogens with zero attached hydrogens (tertiary/aromatic N) is 11. The average molecular weight is 1770 g/mol. The number of halogens is 4. The number of ether oxygens (including phenoxy) is 2. The first-order valence-electron chi connectivity index (χ1n) is 43.3. The number of primary amides is 1. The number of nitrogens with one attached hydrogen (secondary N) is 1. The lowest BCUT2D eigenvalue weighted by atomic mass is 9.78. The highest BCUT2D eigenvalue weighted by atomic mass is 35.6. The van der Waals surface area contributed by atoms with Gasteiger partial charge in [-0.3, -0.25) is 62.3 Å². The lowest BCUT2D eigenvalue weighted by Gasteiger charge is -2.32. The Kier molecular flexibility index (Phi) is 38.4. The van der Waals surface area contributed by atoms with Crippen molar-refractivity contribution in [3.63, 3.8) is 0 Å². The van der Waals surface area contributed by atoms with Gasteiger partial charge in [0.1, 0.15) is 54.0 Å². The number of imidazole rings is 3. The van der Waals surface area contributed by atoms with Gasteiger partial charge in [0, 0.05) is 104 Å². The lowest BCUT2D eigenvalue weighted by molar-refractivity contribution is -0.121. The van der Waals surface area contributed by atoms with E-state index >= 15 is 0 Å². The van der Waals surface area contributed by atoms with E-state index in [0.29, 0.717) is 73.6 Å². The molecule has 123 heavy (non-hydrogen) atoms. The molecule has 0 spiro atoms. The van der Waals surface area contributed by atoms with Gasteiger partial charge in [-0.2, -0.15) is 0 Å². The molecule has 5 amide bonds. The van der Waals surface area contributed by atoms with Crippen molar-refractivity contribution in [2.45, 2.75) is 279 Å². The van der Waals surface area contributed by atoms with Crippen LogP contribution in [0.3, 0.4) is 0 Å². The number of amides is 5. The molecule has 0 bridgehead atoms. The number of ketones is 4. The molecule has 9 aliphatic rings. The highest BCUT2D eigenvalue weighted by Crippen LogP contribution is 2.37. The van der Waals surface area contributed by atoms with Crippen molar-refractivity contribution >= 4 is 130 Å². The summed E-state index contributed by atoms with van der Waals surface area (Å²) in [5.41, 5.74) is 23.3. The fourth-order valence-corrected chi connectivity index (χ4v) is 16.3. The average Bonchev–Trinajstić information content (AvgIpc) is 1.70. The predicted octanol–water partition coefficient (Wildman–Crippen LogP) is 17.1. The third-order valence-corrected chi connectivity index (χ3v) is 22.1. The molecule has 4 aromatic carbocycles. The van der Waals surface area contributed by atoms with E-state index in [1.807, 2.05) is 131 Å². The number of hydrogen-bond acceptors (Lipinski definition) is 18. The van der Waals surface area contributed by atoms with Crippen LogP contribution in [0.2, 0.25) is 0 Å². The Morgan fingerprint density at radius 3 is 1.25 bits per heavy atom. The minimum atomic E-state index is -1.98. The maximum atomic E-state index is 12.6. The van der Waals surface area contributed by atoms with E-state index in [1.54, 1.807) is 45.6 Å². The standard InChI is InChI=1S/C21H25N3O3.C17H18N4O2.C17H18N2O.C14H20BNO4.C8H9NO.C8H19N.C3H4Cl3NO2.2C2H6.ClH/c1-21(2,3)27-20(26)23-11-5-6-14-12-15(9-10-17(14)23)24-13-22-16-7-4-8-18(25)19(16)24;18-17(23)20-8-2-3-11-9-12(6-7-14(11)20)21-10-19-13-4-1-5-15(22)16(13)21;20-16-7-3-6-15-17(16)19(11-18-15)14-9-8-12-4-1-2-5-13(12)10-14;1-14(2,3)20-13(17)16-8-4-5-10-9-11(15(18)19)6-7-12(10)16;10-8-3-1-2-7-6(8)4-5-9-7;1-6-9(7(2)3)8(4)5;4-3(5,6)2(9)7-1-8;2*1-2;/h9-10,12-13H,4-8,11H2,1-3H3;6-7,9-10H,1-5,8H2,(H2,18,23);8-11H,1-7H2;6-7,9,18-19H,4-5,8H2,1-3H3;5H,1-4H2;7-8H,6H2,1-5H3;8H,1H2,(H,7,9);2*1-2H3;1H. The molecular formula is C92H126BCl4N13O13. The molecule has 0 saturated carbocycles. The second-order valence-electron chi connectivity index (χ2n) is 33.1. The Bertz CT molecular complexity index is 4870. The van der Waals surface area contributed by atoms with Crippen LogP contribution in [-0.4, -0.2) is 169 Å². The fourth-order valence-electron chi connectivity index (χ4n) is 16.1. The van der Waals surface area contributed by atoms with Gasteiger partial charge in [-0.25, -0.2) is 29.3 Å². The molecule has 26 nitrogen and oxygen atoms in total. The number of Topliss-reactive ketones (excluding diaryl/α,β-unsaturated/α-hetero) is 4. The van der Waals surface area contributed by atoms with Crippen molar-refractivity contribution in [3.05, 3.63) is 165 Å². The smallest absolute Gasteiger partial charge is 0.443 e. The van der Waals surface area contributed by atoms with Gasteiger partial charge in [0.05, 0.1) is 28.5 Å². The van der Waals surface area contributed by atoms with E-state index in [9.17, 15) is 48.4 Å². The van der Waals surface area contributed by atoms with E-state index in [2.05, 4.69) is 83.7 Å². The second kappa shape index (κ2) is 46.8. The Hall–Kier alpha value is -9.06. The molecule has 0 fully saturated rings. The predicted molar refractivity (Wildman–Crippen MR) is 492 cm³/mol. The number of alkyl halides is 3. The molecule has 0 atom stereocenters. The zero-order valence-electron chi connectivity index (χ0n) is 74.2. The molecule has 31 heteroatoms. The van der Waals surface area contributed by atoms with E-state index in [0.717, 1.165) is 201 Å². The molecule has 4 aliphatic heterocycles. The van der Waals surface area contributed by atoms with Crippen molar-refractivity contribution in [1.29, 1.82) is 0 Å². The molecule has 3 aromatic heterocycles. The van der Waals surface area contributed by atoms with Crippen LogP contribution in [0.15, 0.2) is 108 Å². The summed E-state index contributed by atoms with van der Waals surface area (Å²) in [6.45, 7) is 32.8. The fraction of sp³-hybridized carbons (Fsp3) is 0.522. The molecule has 16 rings (SSSR count). The summed E-state index contributed by atoms with van der Waals surface area (Å²) in [6.07, 6.45) is 27.3. The normalized spacial score (nSPS) is 15.8. The number of urea groups is 1. The van der Waals surface area contributed by atoms with Crippen LogP contribution in [0.4, 0.5) is 31.4 Å². The summed E-state index contributed by atoms with van der Waals surface area (Å²) >= 11 is 15.2. The number of carbonyl (C=O) groups is 8. The van der Waals surface area contributed by atoms with Gasteiger partial charge in [-0.15, -0.1) is 12.4 Å². The van der Waals surface area contributed by atoms with Crippen LogP contribution in [0.1, 0.15) is 277 Å². The summed E-state index contributed by atoms with van der Waals surface area (Å²) in [5.74, 6) is 0.0253. The Labute approximate surface area is 746 Å². The minimum absolute atomic E-state index is 0. The number of aromatic nitrogens is 6. The van der Waals surface area contributed by atoms with Gasteiger partial charge in [0.25, 0.3) is 9.70 Å². The number of aliphatic imine (C=N–C) groups is 1. The minimum Gasteiger partial charge on any atom is -0.443 e. The molecule has 7 heterocycles. The molecule has 6 N–H and O–H groups in total. The maximum absolute atomic E-state index is 12.6. The summed E-state index contributed by atoms with van der Waals surface area (Å²) < 4.78 is 14.7. The van der Waals surface area contributed by atoms with Gasteiger partial charge in [-0.1, -0.05) is 87.6 Å². The first-order chi connectivity index (χ1) is 58.0. The Balaban J connectivity index is 0.000000202. The van der Waals surface area contributed by atoms with Gasteiger partial charge >= 0.3 is 25.3 Å². The van der Waals surface area contributed by atoms with Gasteiger partial charge in [0.2, 0.25) is 0 Å². The first-order valence-corrected chi connectivity index (χ1v) is 44.4. The van der Waals surface area contributed by atoms with E-state index in [1.165, 1.54) is 30.4 Å². The molecular weight excluding hydrogens is 1650 g/mol. The Morgan fingerprint density at radius 2 is 0.878 bits per heavy atom. The number of rotatable bonds is 8. The van der Waals surface area contributed by atoms with Crippen molar-refractivity contribution in [3.8, 4) is 17.1 Å². The van der Waals surface area contributed by atoms with Crippen LogP contribution >= 0.6 is 47.2 Å². The van der Waals surface area contributed by atoms with Crippen LogP contribution < -0.4 is 31.2 Å². The van der Waals surface area contributed by atoms with Crippen LogP contribution in [0, 0.1) is 0 Å². The van der Waals surface area contributed by atoms with Crippen LogP contribution in [-0.2, 0) is 70.4 Å². The summed E-state index contributed by atoms with van der Waals surface area (Å²) in [5, 5.41) is 28.4. The molecule has 0 unspecified atom stereocenters. The monoisotopic (exact) mass is 1770 g/mol. The number of carbonyl (C=O) groups excluding carboxylic acids is 8. The number of anilines is 3. The number of allylic oxidation sites excluding steroid dienone is 2. The van der Waals surface area contributed by atoms with Crippen molar-refractivity contribution in [2.24, 2.45) is 10.7 Å². The summed E-state index contributed by atoms with van der Waals surface area (Å²) in [4.78, 5) is 119. The molecule has 0 radical (unpaired) electrons. The number of hydrogen-bond donors (Lipinski definition) is 5. The molecule has 5 aliphatic carbocycles. The molecule has 7 aromatic rings. The maximum Gasteiger partial charge on any atom is 0.488 e. The molecule has 0 saturated heterocycles. The second-order valence-corrected chi connectivity index (χ2v) is 35.4. The Morgan fingerprint density at radius 1 is 0.504 bits per heavy atom. The number of benzene rings is 4. The highest BCUT2D eigenvalue weighted by molar-refractivity contribution is 6.76. The third kappa shape index (κ3) is 27.2. The number of aliphatic hydroxyl groups is 1. The summed E-state index contributed by atoms with van der Waals surface area (Å²) in [6, 6.07) is 24.5. The quantitative estimate of drug-likeness (QED) is 0.0536. The number of aliphatic hydroxyl groups excluding tert-OH is 1. The first kappa shape index (κ1) is 101. The lowest BCUT2D eigenvalue weighted by Crippen LogP contribution is -2.40. The number of nitrogens with two attached hydrogens (primary N) is 1. The van der Waals surface area contributed by atoms with Crippen LogP contribution in [0.25, 0.3) is 17.1 Å². The zero-order valence-corrected chi connectivity index (χ0v) is 77.3. The van der Waals surface area contributed by atoms with Crippen molar-refractivity contribution in [2.75, 3.05) is 47.6 Å².